The van der Waals surface area contributed by atoms with Crippen LogP contribution in [0.25, 0.3) is 0 Å². The minimum atomic E-state index is -1.40. The molecule has 0 saturated carbocycles. The average Bonchev–Trinajstić information content (AvgIpc) is 3.47. The summed E-state index contributed by atoms with van der Waals surface area (Å²) in [6.45, 7) is 10.2. The van der Waals surface area contributed by atoms with Crippen LogP contribution in [0.1, 0.15) is 58.7 Å². The molecule has 1 aromatic heterocycles. The number of esters is 1. The van der Waals surface area contributed by atoms with E-state index in [4.69, 9.17) is 18.9 Å². The van der Waals surface area contributed by atoms with Crippen LogP contribution in [0.5, 0.6) is 5.75 Å². The molecule has 1 heterocycles. The van der Waals surface area contributed by atoms with Gasteiger partial charge in [-0.15, -0.1) is 0 Å². The zero-order chi connectivity index (χ0) is 34.8. The van der Waals surface area contributed by atoms with Crippen molar-refractivity contribution in [3.63, 3.8) is 0 Å². The van der Waals surface area contributed by atoms with Crippen LogP contribution in [0.15, 0.2) is 67.1 Å². The summed E-state index contributed by atoms with van der Waals surface area (Å²) in [7, 11) is 3.00. The molecule has 3 amide bonds. The maximum absolute atomic E-state index is 13.6. The fraction of sp³-hybridized carbons (Fsp3) is 0.441. The van der Waals surface area contributed by atoms with Crippen molar-refractivity contribution in [2.24, 2.45) is 0 Å². The predicted molar refractivity (Wildman–Crippen MR) is 175 cm³/mol. The van der Waals surface area contributed by atoms with Gasteiger partial charge < -0.3 is 34.1 Å². The number of imidazole rings is 1. The average molecular weight is 652 g/mol. The minimum Gasteiger partial charge on any atom is -0.497 e. The van der Waals surface area contributed by atoms with Crippen molar-refractivity contribution in [1.29, 1.82) is 0 Å². The molecular weight excluding hydrogens is 606 g/mol. The molecule has 254 valence electrons. The van der Waals surface area contributed by atoms with E-state index in [0.29, 0.717) is 11.3 Å². The molecule has 0 aliphatic heterocycles. The number of carbonyl (C=O) groups excluding carboxylic acids is 4. The Labute approximate surface area is 275 Å². The molecule has 0 saturated heterocycles. The van der Waals surface area contributed by atoms with Crippen molar-refractivity contribution < 1.29 is 38.1 Å². The van der Waals surface area contributed by atoms with E-state index < -0.39 is 47.1 Å². The van der Waals surface area contributed by atoms with Crippen molar-refractivity contribution >= 4 is 29.7 Å². The molecule has 3 aromatic rings. The lowest BCUT2D eigenvalue weighted by molar-refractivity contribution is -0.145. The number of amides is 3. The van der Waals surface area contributed by atoms with Crippen LogP contribution in [-0.4, -0.2) is 82.9 Å². The number of likely N-dealkylation sites (N-methyl/N-ethyl adjacent to an activating group) is 1. The summed E-state index contributed by atoms with van der Waals surface area (Å²) < 4.78 is 23.3. The second-order valence-corrected chi connectivity index (χ2v) is 12.2. The monoisotopic (exact) mass is 651 g/mol. The molecule has 2 N–H and O–H groups in total. The van der Waals surface area contributed by atoms with E-state index in [-0.39, 0.29) is 25.6 Å². The first-order valence-corrected chi connectivity index (χ1v) is 15.2. The third kappa shape index (κ3) is 10.3. The molecule has 47 heavy (non-hydrogen) atoms. The molecule has 0 bridgehead atoms. The van der Waals surface area contributed by atoms with Gasteiger partial charge in [-0.25, -0.2) is 14.6 Å². The van der Waals surface area contributed by atoms with E-state index in [1.807, 2.05) is 30.3 Å². The molecular formula is C34H45N5O8. The number of methoxy groups -OCH3 is 1. The Kier molecular flexibility index (Phi) is 12.5. The van der Waals surface area contributed by atoms with Gasteiger partial charge in [0.25, 0.3) is 5.91 Å². The van der Waals surface area contributed by atoms with Crippen LogP contribution in [0.3, 0.4) is 0 Å². The van der Waals surface area contributed by atoms with E-state index in [0.717, 1.165) is 5.56 Å². The van der Waals surface area contributed by atoms with Crippen molar-refractivity contribution in [1.82, 2.24) is 19.8 Å². The largest absolute Gasteiger partial charge is 0.497 e. The second kappa shape index (κ2) is 16.1. The van der Waals surface area contributed by atoms with Gasteiger partial charge in [0, 0.05) is 13.2 Å². The maximum Gasteiger partial charge on any atom is 0.410 e. The number of nitrogens with zero attached hydrogens (tertiary/aromatic N) is 3. The van der Waals surface area contributed by atoms with Gasteiger partial charge in [0.05, 0.1) is 33.3 Å². The quantitative estimate of drug-likeness (QED) is 0.243. The van der Waals surface area contributed by atoms with Crippen molar-refractivity contribution in [3.8, 4) is 5.75 Å². The molecule has 0 radical (unpaired) electrons. The first-order valence-electron chi connectivity index (χ1n) is 15.2. The molecule has 0 fully saturated rings. The number of benzene rings is 2. The lowest BCUT2D eigenvalue weighted by Crippen LogP contribution is -2.60. The molecule has 2 atom stereocenters. The summed E-state index contributed by atoms with van der Waals surface area (Å²) in [4.78, 5) is 58.3. The van der Waals surface area contributed by atoms with E-state index in [1.165, 1.54) is 29.0 Å². The molecule has 13 heteroatoms. The van der Waals surface area contributed by atoms with Gasteiger partial charge in [0.1, 0.15) is 22.9 Å². The van der Waals surface area contributed by atoms with Crippen LogP contribution in [0.2, 0.25) is 0 Å². The predicted octanol–water partition coefficient (Wildman–Crippen LogP) is 4.33. The van der Waals surface area contributed by atoms with Crippen LogP contribution < -0.4 is 15.4 Å². The Hall–Kier alpha value is -4.91. The zero-order valence-electron chi connectivity index (χ0n) is 28.2. The van der Waals surface area contributed by atoms with Crippen LogP contribution in [-0.2, 0) is 35.2 Å². The lowest BCUT2D eigenvalue weighted by Gasteiger charge is -2.36. The highest BCUT2D eigenvalue weighted by Crippen LogP contribution is 2.24. The van der Waals surface area contributed by atoms with E-state index in [2.05, 4.69) is 15.6 Å². The minimum absolute atomic E-state index is 0.130. The van der Waals surface area contributed by atoms with E-state index in [9.17, 15) is 19.2 Å². The normalized spacial score (nSPS) is 12.8. The molecule has 3 rings (SSSR count). The Bertz CT molecular complexity index is 1500. The van der Waals surface area contributed by atoms with Crippen LogP contribution in [0.4, 0.5) is 10.6 Å². The van der Waals surface area contributed by atoms with Gasteiger partial charge >= 0.3 is 12.1 Å². The summed E-state index contributed by atoms with van der Waals surface area (Å²) in [5, 5.41) is 5.42. The van der Waals surface area contributed by atoms with Crippen molar-refractivity contribution in [2.45, 2.75) is 71.4 Å². The summed E-state index contributed by atoms with van der Waals surface area (Å²) in [5.41, 5.74) is -0.664. The SMILES string of the molecule is CCOC(=O)C(c1ccc(OC)cc1)n1cnc(NC(=O)[C@@H](COCc2ccccc2)NC(=O)C(C)(C)N(C)C(=O)OC(C)(C)C)c1. The first-order chi connectivity index (χ1) is 22.2. The van der Waals surface area contributed by atoms with E-state index >= 15 is 0 Å². The third-order valence-corrected chi connectivity index (χ3v) is 7.17. The number of ether oxygens (including phenoxy) is 4. The fourth-order valence-corrected chi connectivity index (χ4v) is 4.29. The molecule has 0 spiro atoms. The fourth-order valence-electron chi connectivity index (χ4n) is 4.29. The zero-order valence-corrected chi connectivity index (χ0v) is 28.2. The van der Waals surface area contributed by atoms with Gasteiger partial charge in [-0.1, -0.05) is 42.5 Å². The van der Waals surface area contributed by atoms with Gasteiger partial charge in [-0.2, -0.15) is 0 Å². The number of anilines is 1. The number of hydrogen-bond acceptors (Lipinski definition) is 9. The Morgan fingerprint density at radius 3 is 2.23 bits per heavy atom. The highest BCUT2D eigenvalue weighted by Gasteiger charge is 2.39. The maximum atomic E-state index is 13.6. The molecule has 13 nitrogen and oxygen atoms in total. The van der Waals surface area contributed by atoms with Gasteiger partial charge in [0.2, 0.25) is 5.91 Å². The standard InChI is InChI=1S/C34H45N5O8/c1-9-46-30(41)28(24-15-17-25(44-8)18-16-24)39-19-27(35-22-39)37-29(40)26(21-45-20-23-13-11-10-12-14-23)36-31(42)34(5,6)38(7)32(43)47-33(2,3)4/h10-19,22,26,28H,9,20-21H2,1-8H3,(H,36,42)(H,37,40)/t26-,28?/m1/s1. The third-order valence-electron chi connectivity index (χ3n) is 7.17. The molecule has 0 aliphatic carbocycles. The number of nitrogens with one attached hydrogen (secondary N) is 2. The van der Waals surface area contributed by atoms with Crippen LogP contribution >= 0.6 is 0 Å². The van der Waals surface area contributed by atoms with Crippen molar-refractivity contribution in [2.75, 3.05) is 32.7 Å². The molecule has 0 aliphatic rings. The smallest absolute Gasteiger partial charge is 0.410 e. The van der Waals surface area contributed by atoms with Gasteiger partial charge in [-0.3, -0.25) is 14.5 Å². The first kappa shape index (κ1) is 36.6. The highest BCUT2D eigenvalue weighted by molar-refractivity contribution is 5.98. The summed E-state index contributed by atoms with van der Waals surface area (Å²) in [5.74, 6) is -0.988. The number of rotatable bonds is 14. The topological polar surface area (TPSA) is 150 Å². The Morgan fingerprint density at radius 2 is 1.64 bits per heavy atom. The second-order valence-electron chi connectivity index (χ2n) is 12.2. The summed E-state index contributed by atoms with van der Waals surface area (Å²) in [6, 6.07) is 14.2. The Balaban J connectivity index is 1.82. The summed E-state index contributed by atoms with van der Waals surface area (Å²) >= 11 is 0. The number of hydrogen-bond donors (Lipinski definition) is 2. The van der Waals surface area contributed by atoms with E-state index in [1.54, 1.807) is 72.9 Å². The highest BCUT2D eigenvalue weighted by atomic mass is 16.6. The number of aromatic nitrogens is 2. The van der Waals surface area contributed by atoms with Crippen molar-refractivity contribution in [3.05, 3.63) is 78.2 Å². The van der Waals surface area contributed by atoms with Crippen LogP contribution in [0, 0.1) is 0 Å². The van der Waals surface area contributed by atoms with Gasteiger partial charge in [0.15, 0.2) is 11.9 Å². The molecule has 2 aromatic carbocycles. The molecule has 1 unspecified atom stereocenters. The lowest BCUT2D eigenvalue weighted by atomic mass is 10.0. The number of carbonyl (C=O) groups is 4. The Morgan fingerprint density at radius 1 is 0.979 bits per heavy atom. The van der Waals surface area contributed by atoms with Gasteiger partial charge in [-0.05, 0) is 64.8 Å². The summed E-state index contributed by atoms with van der Waals surface area (Å²) in [6.07, 6.45) is 2.20.